The maximum absolute atomic E-state index is 13.1. The Bertz CT molecular complexity index is 1370. The van der Waals surface area contributed by atoms with Gasteiger partial charge in [0.25, 0.3) is 0 Å². The van der Waals surface area contributed by atoms with Gasteiger partial charge in [0.1, 0.15) is 17.3 Å². The van der Waals surface area contributed by atoms with Gasteiger partial charge in [-0.2, -0.15) is 0 Å². The highest BCUT2D eigenvalue weighted by Gasteiger charge is 2.14. The second-order valence-electron chi connectivity index (χ2n) is 7.65. The molecular weight excluding hydrogens is 473 g/mol. The lowest BCUT2D eigenvalue weighted by Crippen LogP contribution is -2.31. The lowest BCUT2D eigenvalue weighted by molar-refractivity contribution is 0.249. The number of pyridine rings is 1. The molecule has 2 amide bonds. The van der Waals surface area contributed by atoms with Crippen molar-refractivity contribution in [2.75, 3.05) is 19.5 Å². The molecule has 4 aromatic rings. The number of fused-ring (bicyclic) bond motifs is 1. The van der Waals surface area contributed by atoms with Crippen molar-refractivity contribution >= 4 is 34.2 Å². The largest absolute Gasteiger partial charge is 0.493 e. The first-order valence-corrected chi connectivity index (χ1v) is 11.1. The third-order valence-corrected chi connectivity index (χ3v) is 5.63. The van der Waals surface area contributed by atoms with Gasteiger partial charge in [0.2, 0.25) is 0 Å². The molecule has 0 bridgehead atoms. The van der Waals surface area contributed by atoms with E-state index in [9.17, 15) is 9.18 Å². The highest BCUT2D eigenvalue weighted by molar-refractivity contribution is 6.32. The van der Waals surface area contributed by atoms with Crippen LogP contribution in [0.2, 0.25) is 5.02 Å². The number of halogens is 2. The Morgan fingerprint density at radius 1 is 0.943 bits per heavy atom. The molecule has 0 aliphatic carbocycles. The van der Waals surface area contributed by atoms with Crippen molar-refractivity contribution in [1.82, 2.24) is 10.3 Å². The fraction of sp³-hybridized carbons (Fsp3) is 0.154. The van der Waals surface area contributed by atoms with Crippen molar-refractivity contribution < 1.29 is 23.4 Å². The van der Waals surface area contributed by atoms with Crippen LogP contribution in [0.15, 0.2) is 66.9 Å². The molecule has 180 valence electrons. The summed E-state index contributed by atoms with van der Waals surface area (Å²) in [4.78, 5) is 16.8. The second kappa shape index (κ2) is 10.5. The third kappa shape index (κ3) is 5.55. The molecule has 0 fully saturated rings. The van der Waals surface area contributed by atoms with Gasteiger partial charge in [-0.05, 0) is 55.0 Å². The molecule has 0 saturated carbocycles. The third-order valence-electron chi connectivity index (χ3n) is 5.33. The minimum absolute atomic E-state index is 0.305. The smallest absolute Gasteiger partial charge is 0.319 e. The number of nitrogens with zero attached hydrogens (tertiary/aromatic N) is 1. The van der Waals surface area contributed by atoms with Crippen LogP contribution in [-0.2, 0) is 0 Å². The van der Waals surface area contributed by atoms with Gasteiger partial charge in [0.15, 0.2) is 11.5 Å². The number of nitrogens with one attached hydrogen (secondary N) is 2. The summed E-state index contributed by atoms with van der Waals surface area (Å²) >= 11 is 6.44. The van der Waals surface area contributed by atoms with E-state index < -0.39 is 6.03 Å². The number of hydrogen-bond donors (Lipinski definition) is 2. The first-order valence-electron chi connectivity index (χ1n) is 10.7. The van der Waals surface area contributed by atoms with Crippen molar-refractivity contribution in [1.29, 1.82) is 0 Å². The lowest BCUT2D eigenvalue weighted by atomic mass is 10.1. The number of anilines is 1. The van der Waals surface area contributed by atoms with E-state index in [2.05, 4.69) is 15.6 Å². The average Bonchev–Trinajstić information content (AvgIpc) is 2.85. The number of urea groups is 1. The molecular formula is C26H23ClFN3O4. The summed E-state index contributed by atoms with van der Waals surface area (Å²) in [6, 6.07) is 15.4. The van der Waals surface area contributed by atoms with Crippen LogP contribution in [0.4, 0.5) is 14.9 Å². The van der Waals surface area contributed by atoms with E-state index in [0.717, 1.165) is 10.9 Å². The topological polar surface area (TPSA) is 81.7 Å². The quantitative estimate of drug-likeness (QED) is 0.297. The lowest BCUT2D eigenvalue weighted by Gasteiger charge is -2.16. The van der Waals surface area contributed by atoms with E-state index in [0.29, 0.717) is 39.2 Å². The molecule has 0 radical (unpaired) electrons. The van der Waals surface area contributed by atoms with Crippen LogP contribution >= 0.6 is 11.6 Å². The zero-order valence-electron chi connectivity index (χ0n) is 19.3. The van der Waals surface area contributed by atoms with Crippen LogP contribution < -0.4 is 24.8 Å². The summed E-state index contributed by atoms with van der Waals surface area (Å²) in [5.74, 6) is 1.71. The minimum Gasteiger partial charge on any atom is -0.493 e. The van der Waals surface area contributed by atoms with Crippen molar-refractivity contribution in [3.63, 3.8) is 0 Å². The molecule has 1 heterocycles. The predicted octanol–water partition coefficient (Wildman–Crippen LogP) is 6.72. The Morgan fingerprint density at radius 3 is 2.34 bits per heavy atom. The fourth-order valence-electron chi connectivity index (χ4n) is 3.51. The van der Waals surface area contributed by atoms with Crippen LogP contribution in [0, 0.1) is 5.82 Å². The van der Waals surface area contributed by atoms with E-state index in [1.54, 1.807) is 75.9 Å². The Kier molecular flexibility index (Phi) is 7.22. The van der Waals surface area contributed by atoms with Gasteiger partial charge >= 0.3 is 6.03 Å². The molecule has 0 unspecified atom stereocenters. The van der Waals surface area contributed by atoms with Gasteiger partial charge in [-0.1, -0.05) is 23.7 Å². The van der Waals surface area contributed by atoms with Crippen LogP contribution in [-0.4, -0.2) is 25.2 Å². The van der Waals surface area contributed by atoms with Crippen molar-refractivity contribution in [2.24, 2.45) is 0 Å². The van der Waals surface area contributed by atoms with E-state index in [-0.39, 0.29) is 11.9 Å². The maximum atomic E-state index is 13.1. The molecule has 0 saturated heterocycles. The Hall–Kier alpha value is -4.04. The van der Waals surface area contributed by atoms with E-state index in [1.165, 1.54) is 12.1 Å². The number of methoxy groups -OCH3 is 2. The van der Waals surface area contributed by atoms with Crippen LogP contribution in [0.3, 0.4) is 0 Å². The average molecular weight is 496 g/mol. The number of carbonyl (C=O) groups is 1. The normalized spacial score (nSPS) is 11.6. The van der Waals surface area contributed by atoms with Crippen molar-refractivity contribution in [3.8, 4) is 23.0 Å². The zero-order chi connectivity index (χ0) is 24.9. The number of carbonyl (C=O) groups excluding carboxylic acids is 1. The predicted molar refractivity (Wildman–Crippen MR) is 133 cm³/mol. The Labute approximate surface area is 206 Å². The summed E-state index contributed by atoms with van der Waals surface area (Å²) in [7, 11) is 3.11. The molecule has 35 heavy (non-hydrogen) atoms. The van der Waals surface area contributed by atoms with Gasteiger partial charge in [-0.25, -0.2) is 9.18 Å². The first-order chi connectivity index (χ1) is 16.9. The maximum Gasteiger partial charge on any atom is 0.319 e. The molecule has 1 atom stereocenters. The fourth-order valence-corrected chi connectivity index (χ4v) is 3.73. The number of aromatic nitrogens is 1. The molecule has 4 rings (SSSR count). The molecule has 2 N–H and O–H groups in total. The number of amides is 2. The standard InChI is InChI=1S/C26H23ClFN3O4/c1-15(16-4-6-17(28)7-5-16)30-26(32)31-18-8-9-23(20(27)12-18)35-22-10-11-29-21-14-25(34-3)24(33-2)13-19(21)22/h4-15H,1-3H3,(H2,30,31,32)/t15-/m1/s1. The molecule has 0 aliphatic heterocycles. The molecule has 1 aromatic heterocycles. The summed E-state index contributed by atoms with van der Waals surface area (Å²) in [6.07, 6.45) is 1.63. The van der Waals surface area contributed by atoms with Gasteiger partial charge < -0.3 is 24.8 Å². The number of benzene rings is 3. The van der Waals surface area contributed by atoms with Crippen LogP contribution in [0.5, 0.6) is 23.0 Å². The number of hydrogen-bond acceptors (Lipinski definition) is 5. The summed E-state index contributed by atoms with van der Waals surface area (Å²) in [6.45, 7) is 1.81. The van der Waals surface area contributed by atoms with Gasteiger partial charge in [-0.15, -0.1) is 0 Å². The van der Waals surface area contributed by atoms with E-state index in [4.69, 9.17) is 25.8 Å². The summed E-state index contributed by atoms with van der Waals surface area (Å²) in [5, 5.41) is 6.57. The Morgan fingerprint density at radius 2 is 1.66 bits per heavy atom. The number of rotatable bonds is 7. The second-order valence-corrected chi connectivity index (χ2v) is 8.06. The number of ether oxygens (including phenoxy) is 3. The Balaban J connectivity index is 1.48. The van der Waals surface area contributed by atoms with Crippen LogP contribution in [0.25, 0.3) is 10.9 Å². The van der Waals surface area contributed by atoms with E-state index in [1.807, 2.05) is 0 Å². The monoisotopic (exact) mass is 495 g/mol. The highest BCUT2D eigenvalue weighted by atomic mass is 35.5. The molecule has 0 spiro atoms. The van der Waals surface area contributed by atoms with Crippen molar-refractivity contribution in [3.05, 3.63) is 83.3 Å². The highest BCUT2D eigenvalue weighted by Crippen LogP contribution is 2.38. The zero-order valence-corrected chi connectivity index (χ0v) is 20.0. The molecule has 7 nitrogen and oxygen atoms in total. The summed E-state index contributed by atoms with van der Waals surface area (Å²) < 4.78 is 29.9. The van der Waals surface area contributed by atoms with Crippen molar-refractivity contribution in [2.45, 2.75) is 13.0 Å². The van der Waals surface area contributed by atoms with Crippen LogP contribution in [0.1, 0.15) is 18.5 Å². The van der Waals surface area contributed by atoms with Gasteiger partial charge in [0.05, 0.1) is 30.8 Å². The minimum atomic E-state index is -0.423. The van der Waals surface area contributed by atoms with Gasteiger partial charge in [-0.3, -0.25) is 4.98 Å². The molecule has 3 aromatic carbocycles. The van der Waals surface area contributed by atoms with E-state index >= 15 is 0 Å². The summed E-state index contributed by atoms with van der Waals surface area (Å²) in [5.41, 5.74) is 1.93. The SMILES string of the molecule is COc1cc2nccc(Oc3ccc(NC(=O)N[C@H](C)c4ccc(F)cc4)cc3Cl)c2cc1OC. The first kappa shape index (κ1) is 24.1. The molecule has 9 heteroatoms. The van der Waals surface area contributed by atoms with Gasteiger partial charge in [0, 0.05) is 23.3 Å². The molecule has 0 aliphatic rings.